The number of unbranched alkanes of at least 4 members (excludes halogenated alkanes) is 1. The Labute approximate surface area is 165 Å². The predicted molar refractivity (Wildman–Crippen MR) is 112 cm³/mol. The van der Waals surface area contributed by atoms with E-state index in [0.29, 0.717) is 6.54 Å². The summed E-state index contributed by atoms with van der Waals surface area (Å²) < 4.78 is 0. The number of carbonyl (C=O) groups excluding carboxylic acids is 1. The highest BCUT2D eigenvalue weighted by Gasteiger charge is 2.03. The van der Waals surface area contributed by atoms with Crippen molar-refractivity contribution in [3.05, 3.63) is 65.2 Å². The van der Waals surface area contributed by atoms with Crippen LogP contribution in [0.2, 0.25) is 5.02 Å². The smallest absolute Gasteiger partial charge is 0.243 e. The van der Waals surface area contributed by atoms with Crippen LogP contribution in [0.5, 0.6) is 0 Å². The summed E-state index contributed by atoms with van der Waals surface area (Å²) in [7, 11) is 4.11. The standard InChI is InChI=1S/C21H25ClN2OS/c1-24(2)15-6-5-14-23-21(25)13-12-17-8-3-4-11-20(17)26-19-10-7-9-18(22)16-19/h3-4,7-13,16H,5-6,14-15H2,1-2H3,(H,23,25)/b13-12+. The van der Waals surface area contributed by atoms with Crippen LogP contribution in [-0.2, 0) is 4.79 Å². The van der Waals surface area contributed by atoms with Gasteiger partial charge >= 0.3 is 0 Å². The van der Waals surface area contributed by atoms with Crippen molar-refractivity contribution in [1.82, 2.24) is 10.2 Å². The molecule has 2 rings (SSSR count). The van der Waals surface area contributed by atoms with Gasteiger partial charge in [0, 0.05) is 27.4 Å². The topological polar surface area (TPSA) is 32.3 Å². The van der Waals surface area contributed by atoms with Gasteiger partial charge in [-0.1, -0.05) is 47.6 Å². The number of amides is 1. The number of nitrogens with zero attached hydrogens (tertiary/aromatic N) is 1. The average molecular weight is 389 g/mol. The minimum Gasteiger partial charge on any atom is -0.353 e. The molecule has 0 fully saturated rings. The summed E-state index contributed by atoms with van der Waals surface area (Å²) >= 11 is 7.69. The summed E-state index contributed by atoms with van der Waals surface area (Å²) in [6, 6.07) is 15.8. The molecule has 0 saturated heterocycles. The molecule has 0 heterocycles. The first-order valence-electron chi connectivity index (χ1n) is 8.67. The van der Waals surface area contributed by atoms with Crippen LogP contribution in [0, 0.1) is 0 Å². The highest BCUT2D eigenvalue weighted by molar-refractivity contribution is 7.99. The maximum atomic E-state index is 12.0. The predicted octanol–water partition coefficient (Wildman–Crippen LogP) is 4.96. The summed E-state index contributed by atoms with van der Waals surface area (Å²) in [5, 5.41) is 3.65. The van der Waals surface area contributed by atoms with Crippen molar-refractivity contribution in [2.24, 2.45) is 0 Å². The maximum Gasteiger partial charge on any atom is 0.243 e. The number of hydrogen-bond acceptors (Lipinski definition) is 3. The Balaban J connectivity index is 1.90. The van der Waals surface area contributed by atoms with Crippen LogP contribution in [0.4, 0.5) is 0 Å². The quantitative estimate of drug-likeness (QED) is 0.486. The van der Waals surface area contributed by atoms with E-state index in [0.717, 1.165) is 39.8 Å². The van der Waals surface area contributed by atoms with Crippen LogP contribution in [-0.4, -0.2) is 38.0 Å². The molecule has 0 bridgehead atoms. The van der Waals surface area contributed by atoms with Gasteiger partial charge in [0.1, 0.15) is 0 Å². The monoisotopic (exact) mass is 388 g/mol. The lowest BCUT2D eigenvalue weighted by Crippen LogP contribution is -2.23. The zero-order chi connectivity index (χ0) is 18.8. The molecule has 0 aliphatic heterocycles. The number of hydrogen-bond donors (Lipinski definition) is 1. The normalized spacial score (nSPS) is 11.2. The molecule has 26 heavy (non-hydrogen) atoms. The van der Waals surface area contributed by atoms with Crippen LogP contribution >= 0.6 is 23.4 Å². The zero-order valence-corrected chi connectivity index (χ0v) is 16.8. The molecular formula is C21H25ClN2OS. The average Bonchev–Trinajstić information content (AvgIpc) is 2.60. The third-order valence-corrected chi connectivity index (χ3v) is 5.00. The maximum absolute atomic E-state index is 12.0. The lowest BCUT2D eigenvalue weighted by Gasteiger charge is -2.09. The molecule has 0 atom stereocenters. The van der Waals surface area contributed by atoms with E-state index in [1.54, 1.807) is 17.8 Å². The fraction of sp³-hybridized carbons (Fsp3) is 0.286. The highest BCUT2D eigenvalue weighted by atomic mass is 35.5. The largest absolute Gasteiger partial charge is 0.353 e. The van der Waals surface area contributed by atoms with Crippen molar-refractivity contribution in [3.63, 3.8) is 0 Å². The Morgan fingerprint density at radius 2 is 1.96 bits per heavy atom. The Kier molecular flexibility index (Phi) is 8.75. The second-order valence-electron chi connectivity index (χ2n) is 6.23. The molecule has 2 aromatic carbocycles. The summed E-state index contributed by atoms with van der Waals surface area (Å²) in [6.45, 7) is 1.75. The first kappa shape index (κ1) is 20.6. The van der Waals surface area contributed by atoms with Gasteiger partial charge in [0.15, 0.2) is 0 Å². The van der Waals surface area contributed by atoms with Crippen LogP contribution in [0.15, 0.2) is 64.4 Å². The van der Waals surface area contributed by atoms with Crippen LogP contribution in [0.1, 0.15) is 18.4 Å². The van der Waals surface area contributed by atoms with E-state index in [-0.39, 0.29) is 5.91 Å². The Bertz CT molecular complexity index is 746. The van der Waals surface area contributed by atoms with Gasteiger partial charge in [-0.25, -0.2) is 0 Å². The fourth-order valence-electron chi connectivity index (χ4n) is 2.36. The van der Waals surface area contributed by atoms with Gasteiger partial charge in [-0.3, -0.25) is 4.79 Å². The van der Waals surface area contributed by atoms with Crippen molar-refractivity contribution in [2.45, 2.75) is 22.6 Å². The lowest BCUT2D eigenvalue weighted by molar-refractivity contribution is -0.116. The lowest BCUT2D eigenvalue weighted by atomic mass is 10.2. The summed E-state index contributed by atoms with van der Waals surface area (Å²) in [5.74, 6) is -0.0580. The Morgan fingerprint density at radius 1 is 1.15 bits per heavy atom. The van der Waals surface area contributed by atoms with Gasteiger partial charge in [-0.15, -0.1) is 0 Å². The molecule has 1 amide bonds. The van der Waals surface area contributed by atoms with Crippen molar-refractivity contribution >= 4 is 35.3 Å². The Morgan fingerprint density at radius 3 is 2.73 bits per heavy atom. The van der Waals surface area contributed by atoms with E-state index in [9.17, 15) is 4.79 Å². The highest BCUT2D eigenvalue weighted by Crippen LogP contribution is 2.32. The molecule has 0 aliphatic carbocycles. The van der Waals surface area contributed by atoms with Crippen molar-refractivity contribution in [2.75, 3.05) is 27.2 Å². The van der Waals surface area contributed by atoms with E-state index < -0.39 is 0 Å². The summed E-state index contributed by atoms with van der Waals surface area (Å²) in [4.78, 5) is 16.3. The zero-order valence-electron chi connectivity index (χ0n) is 15.2. The molecular weight excluding hydrogens is 364 g/mol. The molecule has 0 radical (unpaired) electrons. The van der Waals surface area contributed by atoms with Crippen molar-refractivity contribution in [1.29, 1.82) is 0 Å². The van der Waals surface area contributed by atoms with E-state index in [1.165, 1.54) is 0 Å². The number of benzene rings is 2. The second-order valence-corrected chi connectivity index (χ2v) is 7.78. The van der Waals surface area contributed by atoms with Gasteiger partial charge < -0.3 is 10.2 Å². The molecule has 3 nitrogen and oxygen atoms in total. The van der Waals surface area contributed by atoms with Crippen LogP contribution in [0.25, 0.3) is 6.08 Å². The van der Waals surface area contributed by atoms with E-state index in [1.807, 2.05) is 54.6 Å². The number of nitrogens with one attached hydrogen (secondary N) is 1. The number of carbonyl (C=O) groups is 1. The third kappa shape index (κ3) is 7.65. The van der Waals surface area contributed by atoms with Gasteiger partial charge in [0.25, 0.3) is 0 Å². The summed E-state index contributed by atoms with van der Waals surface area (Å²) in [6.07, 6.45) is 5.53. The van der Waals surface area contributed by atoms with E-state index in [2.05, 4.69) is 24.3 Å². The van der Waals surface area contributed by atoms with Gasteiger partial charge in [0.05, 0.1) is 0 Å². The Hall–Kier alpha value is -1.75. The minimum absolute atomic E-state index is 0.0580. The fourth-order valence-corrected chi connectivity index (χ4v) is 3.60. The van der Waals surface area contributed by atoms with Crippen molar-refractivity contribution in [3.8, 4) is 0 Å². The van der Waals surface area contributed by atoms with Crippen LogP contribution < -0.4 is 5.32 Å². The van der Waals surface area contributed by atoms with Gasteiger partial charge in [-0.05, 0) is 69.4 Å². The van der Waals surface area contributed by atoms with E-state index >= 15 is 0 Å². The van der Waals surface area contributed by atoms with Gasteiger partial charge in [0.2, 0.25) is 5.91 Å². The number of rotatable bonds is 9. The molecule has 5 heteroatoms. The van der Waals surface area contributed by atoms with Gasteiger partial charge in [-0.2, -0.15) is 0 Å². The second kappa shape index (κ2) is 11.1. The minimum atomic E-state index is -0.0580. The molecule has 0 aromatic heterocycles. The number of halogens is 1. The molecule has 0 saturated carbocycles. The molecule has 2 aromatic rings. The third-order valence-electron chi connectivity index (χ3n) is 3.69. The molecule has 0 aliphatic rings. The molecule has 0 unspecified atom stereocenters. The molecule has 138 valence electrons. The molecule has 0 spiro atoms. The first-order chi connectivity index (χ1) is 12.5. The van der Waals surface area contributed by atoms with Crippen LogP contribution in [0.3, 0.4) is 0 Å². The first-order valence-corrected chi connectivity index (χ1v) is 9.87. The molecule has 1 N–H and O–H groups in total. The van der Waals surface area contributed by atoms with E-state index in [4.69, 9.17) is 11.6 Å². The summed E-state index contributed by atoms with van der Waals surface area (Å²) in [5.41, 5.74) is 1.01. The SMILES string of the molecule is CN(C)CCCCNC(=O)/C=C/c1ccccc1Sc1cccc(Cl)c1. The van der Waals surface area contributed by atoms with Crippen molar-refractivity contribution < 1.29 is 4.79 Å².